The molecular weight excluding hydrogens is 240 g/mol. The van der Waals surface area contributed by atoms with Crippen LogP contribution < -0.4 is 10.6 Å². The summed E-state index contributed by atoms with van der Waals surface area (Å²) in [7, 11) is 3.46. The summed E-state index contributed by atoms with van der Waals surface area (Å²) in [5.74, 6) is 0. The van der Waals surface area contributed by atoms with Crippen molar-refractivity contribution in [2.45, 2.75) is 6.54 Å². The lowest BCUT2D eigenvalue weighted by atomic mass is 10.1. The van der Waals surface area contributed by atoms with Crippen molar-refractivity contribution >= 4 is 16.9 Å². The average molecular weight is 260 g/mol. The highest BCUT2D eigenvalue weighted by Crippen LogP contribution is 2.16. The van der Waals surface area contributed by atoms with Crippen LogP contribution >= 0.6 is 0 Å². The molecule has 2 aromatic rings. The van der Waals surface area contributed by atoms with Crippen molar-refractivity contribution in [2.75, 3.05) is 27.2 Å². The average Bonchev–Trinajstić information content (AvgIpc) is 2.87. The molecule has 0 aliphatic rings. The Hall–Kier alpha value is -2.01. The summed E-state index contributed by atoms with van der Waals surface area (Å²) in [6.45, 7) is 2.17. The smallest absolute Gasteiger partial charge is 0.316 e. The molecule has 0 unspecified atom stereocenters. The van der Waals surface area contributed by atoms with E-state index in [4.69, 9.17) is 0 Å². The van der Waals surface area contributed by atoms with Crippen molar-refractivity contribution in [3.05, 3.63) is 36.0 Å². The maximum absolute atomic E-state index is 11.3. The van der Waals surface area contributed by atoms with Crippen molar-refractivity contribution in [2.24, 2.45) is 0 Å². The molecule has 0 saturated carbocycles. The second-order valence-corrected chi connectivity index (χ2v) is 4.66. The highest BCUT2D eigenvalue weighted by molar-refractivity contribution is 5.82. The van der Waals surface area contributed by atoms with Gasteiger partial charge in [-0.25, -0.2) is 4.79 Å². The number of carbonyl (C=O) groups is 1. The van der Waals surface area contributed by atoms with E-state index in [0.29, 0.717) is 6.54 Å². The number of nitrogens with one attached hydrogen (secondary N) is 3. The molecule has 1 aromatic carbocycles. The van der Waals surface area contributed by atoms with Gasteiger partial charge in [0.25, 0.3) is 0 Å². The highest BCUT2D eigenvalue weighted by atomic mass is 16.2. The summed E-state index contributed by atoms with van der Waals surface area (Å²) in [5, 5.41) is 7.39. The molecule has 1 heterocycles. The fourth-order valence-corrected chi connectivity index (χ4v) is 1.94. The monoisotopic (exact) mass is 260 g/mol. The normalized spacial score (nSPS) is 10.6. The summed E-state index contributed by atoms with van der Waals surface area (Å²) in [4.78, 5) is 16.0. The quantitative estimate of drug-likeness (QED) is 0.714. The van der Waals surface area contributed by atoms with Crippen LogP contribution in [-0.4, -0.2) is 43.1 Å². The van der Waals surface area contributed by atoms with E-state index in [-0.39, 0.29) is 6.03 Å². The molecule has 0 radical (unpaired) electrons. The molecular formula is C14H20N4O. The third-order valence-electron chi connectivity index (χ3n) is 2.98. The first kappa shape index (κ1) is 13.4. The molecule has 0 bridgehead atoms. The summed E-state index contributed by atoms with van der Waals surface area (Å²) in [6, 6.07) is 8.25. The van der Waals surface area contributed by atoms with Crippen molar-refractivity contribution in [1.29, 1.82) is 0 Å². The Morgan fingerprint density at radius 2 is 2.11 bits per heavy atom. The summed E-state index contributed by atoms with van der Waals surface area (Å²) < 4.78 is 0. The van der Waals surface area contributed by atoms with E-state index < -0.39 is 0 Å². The van der Waals surface area contributed by atoms with Crippen LogP contribution in [0.2, 0.25) is 0 Å². The molecule has 2 rings (SSSR count). The van der Waals surface area contributed by atoms with Gasteiger partial charge in [-0.05, 0) is 17.7 Å². The Morgan fingerprint density at radius 1 is 1.26 bits per heavy atom. The number of aromatic amines is 1. The van der Waals surface area contributed by atoms with Crippen LogP contribution in [0.1, 0.15) is 5.56 Å². The number of benzene rings is 1. The summed E-state index contributed by atoms with van der Waals surface area (Å²) >= 11 is 0. The molecule has 0 fully saturated rings. The molecule has 5 nitrogen and oxygen atoms in total. The van der Waals surface area contributed by atoms with Gasteiger partial charge in [-0.2, -0.15) is 0 Å². The lowest BCUT2D eigenvalue weighted by Gasteiger charge is -2.12. The number of amides is 2. The molecule has 5 heteroatoms. The Kier molecular flexibility index (Phi) is 4.41. The zero-order valence-electron chi connectivity index (χ0n) is 11.4. The van der Waals surface area contributed by atoms with Crippen molar-refractivity contribution in [3.63, 3.8) is 0 Å². The van der Waals surface area contributed by atoms with Gasteiger partial charge in [-0.15, -0.1) is 0 Å². The van der Waals surface area contributed by atoms with Gasteiger partial charge in [0, 0.05) is 50.8 Å². The van der Waals surface area contributed by atoms with Crippen LogP contribution in [0.3, 0.4) is 0 Å². The Morgan fingerprint density at radius 3 is 2.89 bits per heavy atom. The molecule has 0 aliphatic heterocycles. The predicted molar refractivity (Wildman–Crippen MR) is 77.1 cm³/mol. The fourth-order valence-electron chi connectivity index (χ4n) is 1.94. The highest BCUT2D eigenvalue weighted by Gasteiger charge is 2.02. The van der Waals surface area contributed by atoms with Gasteiger partial charge >= 0.3 is 6.03 Å². The SMILES string of the molecule is CN(C)C(=O)NCCNCc1cccc2[nH]ccc12. The largest absolute Gasteiger partial charge is 0.361 e. The number of urea groups is 1. The van der Waals surface area contributed by atoms with Gasteiger partial charge in [0.2, 0.25) is 0 Å². The third kappa shape index (κ3) is 3.48. The van der Waals surface area contributed by atoms with E-state index in [1.807, 2.05) is 12.3 Å². The van der Waals surface area contributed by atoms with Gasteiger partial charge in [0.1, 0.15) is 0 Å². The lowest BCUT2D eigenvalue weighted by molar-refractivity contribution is 0.217. The number of fused-ring (bicyclic) bond motifs is 1. The molecule has 0 saturated heterocycles. The summed E-state index contributed by atoms with van der Waals surface area (Å²) in [6.07, 6.45) is 1.95. The minimum Gasteiger partial charge on any atom is -0.361 e. The van der Waals surface area contributed by atoms with Gasteiger partial charge < -0.3 is 20.5 Å². The van der Waals surface area contributed by atoms with Crippen LogP contribution in [0.15, 0.2) is 30.5 Å². The Bertz CT molecular complexity index is 547. The first-order valence-electron chi connectivity index (χ1n) is 6.39. The Balaban J connectivity index is 1.77. The standard InChI is InChI=1S/C14H20N4O/c1-18(2)14(19)17-9-8-15-10-11-4-3-5-13-12(11)6-7-16-13/h3-7,15-16H,8-10H2,1-2H3,(H,17,19). The second-order valence-electron chi connectivity index (χ2n) is 4.66. The number of H-pyrrole nitrogens is 1. The zero-order chi connectivity index (χ0) is 13.7. The molecule has 1 aromatic heterocycles. The van der Waals surface area contributed by atoms with Crippen molar-refractivity contribution < 1.29 is 4.79 Å². The van der Waals surface area contributed by atoms with Gasteiger partial charge in [-0.1, -0.05) is 12.1 Å². The molecule has 0 aliphatic carbocycles. The maximum atomic E-state index is 11.3. The van der Waals surface area contributed by atoms with Crippen LogP contribution in [0, 0.1) is 0 Å². The van der Waals surface area contributed by atoms with E-state index in [1.165, 1.54) is 15.8 Å². The van der Waals surface area contributed by atoms with Gasteiger partial charge in [0.15, 0.2) is 0 Å². The predicted octanol–water partition coefficient (Wildman–Crippen LogP) is 1.53. The van der Waals surface area contributed by atoms with Crippen LogP contribution in [0.25, 0.3) is 10.9 Å². The number of hydrogen-bond donors (Lipinski definition) is 3. The van der Waals surface area contributed by atoms with Crippen molar-refractivity contribution in [1.82, 2.24) is 20.5 Å². The van der Waals surface area contributed by atoms with E-state index in [1.54, 1.807) is 14.1 Å². The molecule has 102 valence electrons. The van der Waals surface area contributed by atoms with E-state index in [0.717, 1.165) is 18.6 Å². The number of rotatable bonds is 5. The summed E-state index contributed by atoms with van der Waals surface area (Å²) in [5.41, 5.74) is 2.41. The molecule has 0 atom stereocenters. The third-order valence-corrected chi connectivity index (χ3v) is 2.98. The topological polar surface area (TPSA) is 60.2 Å². The lowest BCUT2D eigenvalue weighted by Crippen LogP contribution is -2.38. The molecule has 0 spiro atoms. The second kappa shape index (κ2) is 6.24. The van der Waals surface area contributed by atoms with E-state index in [2.05, 4.69) is 33.8 Å². The number of hydrogen-bond acceptors (Lipinski definition) is 2. The molecule has 19 heavy (non-hydrogen) atoms. The Labute approximate surface area is 113 Å². The van der Waals surface area contributed by atoms with E-state index >= 15 is 0 Å². The van der Waals surface area contributed by atoms with Gasteiger partial charge in [0.05, 0.1) is 0 Å². The maximum Gasteiger partial charge on any atom is 0.316 e. The minimum atomic E-state index is -0.0606. The fraction of sp³-hybridized carbons (Fsp3) is 0.357. The van der Waals surface area contributed by atoms with Gasteiger partial charge in [-0.3, -0.25) is 0 Å². The van der Waals surface area contributed by atoms with E-state index in [9.17, 15) is 4.79 Å². The van der Waals surface area contributed by atoms with Crippen LogP contribution in [0.4, 0.5) is 4.79 Å². The molecule has 2 amide bonds. The first-order chi connectivity index (χ1) is 9.18. The van der Waals surface area contributed by atoms with Crippen LogP contribution in [-0.2, 0) is 6.54 Å². The molecule has 3 N–H and O–H groups in total. The van der Waals surface area contributed by atoms with Crippen LogP contribution in [0.5, 0.6) is 0 Å². The first-order valence-corrected chi connectivity index (χ1v) is 6.39. The van der Waals surface area contributed by atoms with Crippen molar-refractivity contribution in [3.8, 4) is 0 Å². The minimum absolute atomic E-state index is 0.0606. The number of aromatic nitrogens is 1. The number of nitrogens with zero attached hydrogens (tertiary/aromatic N) is 1. The number of carbonyl (C=O) groups excluding carboxylic acids is 1. The zero-order valence-corrected chi connectivity index (χ0v) is 11.4.